The predicted molar refractivity (Wildman–Crippen MR) is 91.6 cm³/mol. The van der Waals surface area contributed by atoms with Gasteiger partial charge in [0.05, 0.1) is 17.9 Å². The molecule has 0 fully saturated rings. The monoisotopic (exact) mass is 332 g/mol. The van der Waals surface area contributed by atoms with Crippen molar-refractivity contribution in [1.82, 2.24) is 10.3 Å². The number of nitrogens with one attached hydrogen (secondary N) is 1. The van der Waals surface area contributed by atoms with Crippen molar-refractivity contribution in [2.24, 2.45) is 0 Å². The van der Waals surface area contributed by atoms with Crippen LogP contribution in [0.4, 0.5) is 0 Å². The minimum absolute atomic E-state index is 0.101. The molecule has 0 atom stereocenters. The number of rotatable bonds is 6. The van der Waals surface area contributed by atoms with Gasteiger partial charge in [0.1, 0.15) is 11.6 Å². The average molecular weight is 332 g/mol. The van der Waals surface area contributed by atoms with E-state index in [2.05, 4.69) is 16.4 Å². The number of carbonyl (C=O) groups excluding carboxylic acids is 2. The fourth-order valence-electron chi connectivity index (χ4n) is 2.15. The van der Waals surface area contributed by atoms with Gasteiger partial charge in [-0.05, 0) is 38.0 Å². The highest BCUT2D eigenvalue weighted by Crippen LogP contribution is 2.25. The highest BCUT2D eigenvalue weighted by Gasteiger charge is 2.10. The van der Waals surface area contributed by atoms with Crippen molar-refractivity contribution in [1.29, 1.82) is 0 Å². The van der Waals surface area contributed by atoms with Gasteiger partial charge in [0, 0.05) is 5.39 Å². The van der Waals surface area contributed by atoms with E-state index < -0.39 is 5.97 Å². The molecule has 0 saturated carbocycles. The molecule has 1 N–H and O–H groups in total. The number of aryl methyl sites for hydroxylation is 2. The van der Waals surface area contributed by atoms with Crippen molar-refractivity contribution in [2.45, 2.75) is 25.8 Å². The van der Waals surface area contributed by atoms with Gasteiger partial charge in [0.15, 0.2) is 0 Å². The Morgan fingerprint density at radius 2 is 2.04 bits per heavy atom. The zero-order valence-corrected chi connectivity index (χ0v) is 14.3. The molecule has 1 amide bonds. The molecule has 0 radical (unpaired) electrons. The molecular weight excluding hydrogens is 312 g/mol. The summed E-state index contributed by atoms with van der Waals surface area (Å²) in [5.41, 5.74) is 3.09. The molecule has 0 bridgehead atoms. The molecule has 0 aliphatic heterocycles. The lowest BCUT2D eigenvalue weighted by atomic mass is 10.1. The molecule has 0 saturated heterocycles. The summed E-state index contributed by atoms with van der Waals surface area (Å²) in [5, 5.41) is 4.47. The summed E-state index contributed by atoms with van der Waals surface area (Å²) < 4.78 is 4.76. The van der Waals surface area contributed by atoms with Crippen LogP contribution in [0.2, 0.25) is 0 Å². The number of nitrogens with zero attached hydrogens (tertiary/aromatic N) is 1. The number of benzene rings is 1. The maximum absolute atomic E-state index is 11.8. The van der Waals surface area contributed by atoms with Gasteiger partial charge < -0.3 is 10.1 Å². The Bertz CT molecular complexity index is 731. The normalized spacial score (nSPS) is 10.6. The number of carbonyl (C=O) groups is 2. The molecule has 5 nitrogen and oxygen atoms in total. The van der Waals surface area contributed by atoms with Crippen LogP contribution in [0.15, 0.2) is 29.3 Å². The molecule has 6 heteroatoms. The third kappa shape index (κ3) is 4.69. The van der Waals surface area contributed by atoms with Gasteiger partial charge in [-0.15, -0.1) is 0 Å². The third-order valence-corrected chi connectivity index (χ3v) is 4.36. The highest BCUT2D eigenvalue weighted by atomic mass is 32.2. The first-order chi connectivity index (χ1) is 11.0. The van der Waals surface area contributed by atoms with Gasteiger partial charge in [-0.3, -0.25) is 9.59 Å². The van der Waals surface area contributed by atoms with Crippen molar-refractivity contribution < 1.29 is 14.3 Å². The zero-order valence-electron chi connectivity index (χ0n) is 13.5. The summed E-state index contributed by atoms with van der Waals surface area (Å²) in [7, 11) is 0. The van der Waals surface area contributed by atoms with Gasteiger partial charge >= 0.3 is 5.97 Å². The summed E-state index contributed by atoms with van der Waals surface area (Å²) in [6.07, 6.45) is 0. The first kappa shape index (κ1) is 17.3. The van der Waals surface area contributed by atoms with Gasteiger partial charge in [0.25, 0.3) is 0 Å². The largest absolute Gasteiger partial charge is 0.465 e. The first-order valence-electron chi connectivity index (χ1n) is 7.43. The number of thioether (sulfide) groups is 1. The summed E-state index contributed by atoms with van der Waals surface area (Å²) in [6.45, 7) is 5.93. The van der Waals surface area contributed by atoms with Gasteiger partial charge in [-0.1, -0.05) is 30.0 Å². The maximum atomic E-state index is 11.8. The molecular formula is C17H20N2O3S. The van der Waals surface area contributed by atoms with Gasteiger partial charge in [-0.25, -0.2) is 4.98 Å². The second kappa shape index (κ2) is 7.97. The van der Waals surface area contributed by atoms with Crippen LogP contribution in [0.25, 0.3) is 10.9 Å². The molecule has 1 heterocycles. The number of aromatic nitrogens is 1. The first-order valence-corrected chi connectivity index (χ1v) is 8.42. The number of hydrogen-bond acceptors (Lipinski definition) is 5. The topological polar surface area (TPSA) is 68.3 Å². The SMILES string of the molecule is CCOC(=O)CNC(=O)CSc1nc2c(C)cccc2cc1C. The van der Waals surface area contributed by atoms with Crippen LogP contribution >= 0.6 is 11.8 Å². The van der Waals surface area contributed by atoms with Crippen molar-refractivity contribution in [2.75, 3.05) is 18.9 Å². The second-order valence-electron chi connectivity index (χ2n) is 5.13. The molecule has 2 rings (SSSR count). The third-order valence-electron chi connectivity index (χ3n) is 3.27. The smallest absolute Gasteiger partial charge is 0.325 e. The van der Waals surface area contributed by atoms with Crippen LogP contribution in [-0.2, 0) is 14.3 Å². The van der Waals surface area contributed by atoms with Crippen LogP contribution in [-0.4, -0.2) is 35.8 Å². The van der Waals surface area contributed by atoms with E-state index >= 15 is 0 Å². The maximum Gasteiger partial charge on any atom is 0.325 e. The van der Waals surface area contributed by atoms with Gasteiger partial charge in [0.2, 0.25) is 5.91 Å². The molecule has 1 aromatic heterocycles. The van der Waals surface area contributed by atoms with Crippen molar-refractivity contribution in [3.8, 4) is 0 Å². The zero-order chi connectivity index (χ0) is 16.8. The minimum atomic E-state index is -0.429. The van der Waals surface area contributed by atoms with E-state index in [9.17, 15) is 9.59 Å². The number of fused-ring (bicyclic) bond motifs is 1. The second-order valence-corrected chi connectivity index (χ2v) is 6.09. The van der Waals surface area contributed by atoms with Crippen molar-refractivity contribution >= 4 is 34.5 Å². The van der Waals surface area contributed by atoms with E-state index in [1.165, 1.54) is 11.8 Å². The van der Waals surface area contributed by atoms with Gasteiger partial charge in [-0.2, -0.15) is 0 Å². The van der Waals surface area contributed by atoms with E-state index in [0.29, 0.717) is 6.61 Å². The standard InChI is InChI=1S/C17H20N2O3S/c1-4-22-15(21)9-18-14(20)10-23-17-12(3)8-13-7-5-6-11(2)16(13)19-17/h5-8H,4,9-10H2,1-3H3,(H,18,20). The predicted octanol–water partition coefficient (Wildman–Crippen LogP) is 2.62. The van der Waals surface area contributed by atoms with E-state index in [4.69, 9.17) is 4.74 Å². The van der Waals surface area contributed by atoms with Crippen molar-refractivity contribution in [3.05, 3.63) is 35.4 Å². The van der Waals surface area contributed by atoms with E-state index in [1.807, 2.05) is 32.0 Å². The lowest BCUT2D eigenvalue weighted by Gasteiger charge is -2.09. The number of esters is 1. The Morgan fingerprint density at radius 1 is 1.26 bits per heavy atom. The molecule has 0 spiro atoms. The molecule has 122 valence electrons. The summed E-state index contributed by atoms with van der Waals surface area (Å²) in [4.78, 5) is 27.7. The molecule has 0 aliphatic carbocycles. The van der Waals surface area contributed by atoms with E-state index in [1.54, 1.807) is 6.92 Å². The molecule has 1 aromatic carbocycles. The number of ether oxygens (including phenoxy) is 1. The molecule has 23 heavy (non-hydrogen) atoms. The van der Waals surface area contributed by atoms with Crippen LogP contribution in [0, 0.1) is 13.8 Å². The van der Waals surface area contributed by atoms with E-state index in [-0.39, 0.29) is 18.2 Å². The number of amides is 1. The summed E-state index contributed by atoms with van der Waals surface area (Å²) >= 11 is 1.37. The summed E-state index contributed by atoms with van der Waals surface area (Å²) in [5.74, 6) is -0.430. The quantitative estimate of drug-likeness (QED) is 0.650. The fraction of sp³-hybridized carbons (Fsp3) is 0.353. The van der Waals surface area contributed by atoms with Crippen molar-refractivity contribution in [3.63, 3.8) is 0 Å². The van der Waals surface area contributed by atoms with Crippen LogP contribution < -0.4 is 5.32 Å². The summed E-state index contributed by atoms with van der Waals surface area (Å²) in [6, 6.07) is 8.14. The number of para-hydroxylation sites is 1. The minimum Gasteiger partial charge on any atom is -0.465 e. The Balaban J connectivity index is 1.99. The Morgan fingerprint density at radius 3 is 2.78 bits per heavy atom. The average Bonchev–Trinajstić information content (AvgIpc) is 2.52. The molecule has 0 unspecified atom stereocenters. The van der Waals surface area contributed by atoms with Crippen LogP contribution in [0.3, 0.4) is 0 Å². The Labute approximate surface area is 139 Å². The van der Waals surface area contributed by atoms with Crippen LogP contribution in [0.5, 0.6) is 0 Å². The lowest BCUT2D eigenvalue weighted by molar-refractivity contribution is -0.143. The fourth-order valence-corrected chi connectivity index (χ4v) is 2.96. The number of hydrogen-bond donors (Lipinski definition) is 1. The Hall–Kier alpha value is -2.08. The van der Waals surface area contributed by atoms with E-state index in [0.717, 1.165) is 27.1 Å². The molecule has 2 aromatic rings. The lowest BCUT2D eigenvalue weighted by Crippen LogP contribution is -2.31. The Kier molecular flexibility index (Phi) is 5.98. The number of pyridine rings is 1. The highest BCUT2D eigenvalue weighted by molar-refractivity contribution is 7.99. The molecule has 0 aliphatic rings. The van der Waals surface area contributed by atoms with Crippen LogP contribution in [0.1, 0.15) is 18.1 Å².